The summed E-state index contributed by atoms with van der Waals surface area (Å²) < 4.78 is 0. The average Bonchev–Trinajstić information content (AvgIpc) is 2.72. The molecule has 3 aliphatic rings. The van der Waals surface area contributed by atoms with Crippen LogP contribution in [0.4, 0.5) is 0 Å². The van der Waals surface area contributed by atoms with Crippen molar-refractivity contribution in [3.05, 3.63) is 30.4 Å². The SMILES string of the molecule is O=C(/C=C/c1cncnc1)C1C(=O)NC2CCCCC2C1N1CCCCC1. The van der Waals surface area contributed by atoms with E-state index in [4.69, 9.17) is 0 Å². The second-order valence-corrected chi connectivity index (χ2v) is 8.04. The van der Waals surface area contributed by atoms with E-state index in [-0.39, 0.29) is 23.8 Å². The standard InChI is InChI=1S/C21H28N4O2/c26-18(9-8-15-12-22-14-23-13-15)19-20(25-10-4-1-5-11-25)16-6-2-3-7-17(16)24-21(19)27/h8-9,12-14,16-17,19-20H,1-7,10-11H2,(H,24,27)/b9-8+. The quantitative estimate of drug-likeness (QED) is 0.651. The van der Waals surface area contributed by atoms with Crippen molar-refractivity contribution in [1.29, 1.82) is 0 Å². The zero-order chi connectivity index (χ0) is 18.6. The minimum Gasteiger partial charge on any atom is -0.352 e. The number of nitrogens with zero attached hydrogens (tertiary/aromatic N) is 3. The van der Waals surface area contributed by atoms with Crippen LogP contribution in [0.1, 0.15) is 50.5 Å². The summed E-state index contributed by atoms with van der Waals surface area (Å²) in [6.45, 7) is 2.00. The predicted molar refractivity (Wildman–Crippen MR) is 103 cm³/mol. The minimum atomic E-state index is -0.608. The van der Waals surface area contributed by atoms with Crippen LogP contribution in [0.15, 0.2) is 24.8 Å². The smallest absolute Gasteiger partial charge is 0.232 e. The molecule has 0 radical (unpaired) electrons. The number of fused-ring (bicyclic) bond motifs is 1. The number of amides is 1. The molecule has 1 aromatic rings. The van der Waals surface area contributed by atoms with Crippen LogP contribution in [-0.2, 0) is 9.59 Å². The molecule has 6 nitrogen and oxygen atoms in total. The number of aromatic nitrogens is 2. The van der Waals surface area contributed by atoms with Gasteiger partial charge in [0.15, 0.2) is 5.78 Å². The van der Waals surface area contributed by atoms with E-state index in [0.29, 0.717) is 5.92 Å². The molecule has 0 spiro atoms. The van der Waals surface area contributed by atoms with Gasteiger partial charge in [-0.05, 0) is 56.8 Å². The van der Waals surface area contributed by atoms with E-state index >= 15 is 0 Å². The van der Waals surface area contributed by atoms with Crippen LogP contribution in [-0.4, -0.2) is 51.7 Å². The van der Waals surface area contributed by atoms with Crippen LogP contribution in [0.5, 0.6) is 0 Å². The van der Waals surface area contributed by atoms with Gasteiger partial charge in [0.2, 0.25) is 5.91 Å². The molecule has 0 bridgehead atoms. The summed E-state index contributed by atoms with van der Waals surface area (Å²) in [5.41, 5.74) is 0.770. The first-order chi connectivity index (χ1) is 13.2. The van der Waals surface area contributed by atoms with E-state index in [1.165, 1.54) is 25.6 Å². The second kappa shape index (κ2) is 8.30. The number of ketones is 1. The predicted octanol–water partition coefficient (Wildman–Crippen LogP) is 2.22. The largest absolute Gasteiger partial charge is 0.352 e. The summed E-state index contributed by atoms with van der Waals surface area (Å²) in [6.07, 6.45) is 16.1. The molecule has 2 saturated heterocycles. The Balaban J connectivity index is 1.59. The Morgan fingerprint density at radius 3 is 2.59 bits per heavy atom. The molecule has 3 fully saturated rings. The molecule has 4 rings (SSSR count). The van der Waals surface area contributed by atoms with Crippen molar-refractivity contribution in [1.82, 2.24) is 20.2 Å². The topological polar surface area (TPSA) is 75.2 Å². The summed E-state index contributed by atoms with van der Waals surface area (Å²) in [4.78, 5) is 36.4. The maximum atomic E-state index is 13.1. The molecule has 1 saturated carbocycles. The Kier molecular flexibility index (Phi) is 5.62. The zero-order valence-corrected chi connectivity index (χ0v) is 15.7. The highest BCUT2D eigenvalue weighted by molar-refractivity contribution is 6.09. The van der Waals surface area contributed by atoms with Crippen molar-refractivity contribution < 1.29 is 9.59 Å². The van der Waals surface area contributed by atoms with Gasteiger partial charge in [0.25, 0.3) is 0 Å². The van der Waals surface area contributed by atoms with E-state index in [9.17, 15) is 9.59 Å². The summed E-state index contributed by atoms with van der Waals surface area (Å²) in [6, 6.07) is 0.266. The summed E-state index contributed by atoms with van der Waals surface area (Å²) in [5, 5.41) is 3.17. The van der Waals surface area contributed by atoms with Crippen molar-refractivity contribution in [3.63, 3.8) is 0 Å². The molecule has 2 aliphatic heterocycles. The van der Waals surface area contributed by atoms with E-state index in [1.54, 1.807) is 24.5 Å². The molecule has 1 N–H and O–H groups in total. The number of likely N-dealkylation sites (tertiary alicyclic amines) is 1. The Morgan fingerprint density at radius 2 is 1.81 bits per heavy atom. The third-order valence-electron chi connectivity index (χ3n) is 6.35. The Hall–Kier alpha value is -2.08. The highest BCUT2D eigenvalue weighted by Crippen LogP contribution is 2.38. The maximum Gasteiger partial charge on any atom is 0.232 e. The Bertz CT molecular complexity index is 699. The zero-order valence-electron chi connectivity index (χ0n) is 15.7. The third-order valence-corrected chi connectivity index (χ3v) is 6.35. The van der Waals surface area contributed by atoms with Gasteiger partial charge in [-0.2, -0.15) is 0 Å². The first-order valence-electron chi connectivity index (χ1n) is 10.3. The molecular formula is C21H28N4O2. The minimum absolute atomic E-state index is 0.0357. The fourth-order valence-corrected chi connectivity index (χ4v) is 5.10. The summed E-state index contributed by atoms with van der Waals surface area (Å²) >= 11 is 0. The van der Waals surface area contributed by atoms with Crippen LogP contribution in [0.2, 0.25) is 0 Å². The lowest BCUT2D eigenvalue weighted by molar-refractivity contribution is -0.142. The van der Waals surface area contributed by atoms with Crippen LogP contribution >= 0.6 is 0 Å². The number of hydrogen-bond acceptors (Lipinski definition) is 5. The molecule has 1 aromatic heterocycles. The molecule has 27 heavy (non-hydrogen) atoms. The van der Waals surface area contributed by atoms with E-state index in [0.717, 1.165) is 44.3 Å². The molecule has 144 valence electrons. The highest BCUT2D eigenvalue weighted by Gasteiger charge is 2.49. The Labute approximate surface area is 160 Å². The number of piperidine rings is 2. The van der Waals surface area contributed by atoms with E-state index in [2.05, 4.69) is 20.2 Å². The van der Waals surface area contributed by atoms with Gasteiger partial charge in [0.1, 0.15) is 12.2 Å². The molecule has 1 aliphatic carbocycles. The van der Waals surface area contributed by atoms with Crippen molar-refractivity contribution in [2.24, 2.45) is 11.8 Å². The first kappa shape index (κ1) is 18.3. The van der Waals surface area contributed by atoms with Gasteiger partial charge in [-0.15, -0.1) is 0 Å². The monoisotopic (exact) mass is 368 g/mol. The molecule has 3 heterocycles. The Morgan fingerprint density at radius 1 is 1.07 bits per heavy atom. The fourth-order valence-electron chi connectivity index (χ4n) is 5.10. The van der Waals surface area contributed by atoms with Gasteiger partial charge < -0.3 is 5.32 Å². The number of rotatable bonds is 4. The number of nitrogens with one attached hydrogen (secondary N) is 1. The van der Waals surface area contributed by atoms with Gasteiger partial charge in [-0.3, -0.25) is 14.5 Å². The van der Waals surface area contributed by atoms with Gasteiger partial charge in [0.05, 0.1) is 0 Å². The third kappa shape index (κ3) is 3.95. The number of hydrogen-bond donors (Lipinski definition) is 1. The molecule has 4 atom stereocenters. The molecule has 4 unspecified atom stereocenters. The highest BCUT2D eigenvalue weighted by atomic mass is 16.2. The van der Waals surface area contributed by atoms with E-state index in [1.807, 2.05) is 0 Å². The second-order valence-electron chi connectivity index (χ2n) is 8.04. The van der Waals surface area contributed by atoms with Crippen LogP contribution < -0.4 is 5.32 Å². The van der Waals surface area contributed by atoms with Crippen LogP contribution in [0.25, 0.3) is 6.08 Å². The first-order valence-corrected chi connectivity index (χ1v) is 10.3. The van der Waals surface area contributed by atoms with Crippen molar-refractivity contribution >= 4 is 17.8 Å². The fraction of sp³-hybridized carbons (Fsp3) is 0.619. The lowest BCUT2D eigenvalue weighted by Crippen LogP contribution is -2.65. The average molecular weight is 368 g/mol. The van der Waals surface area contributed by atoms with E-state index < -0.39 is 5.92 Å². The molecular weight excluding hydrogens is 340 g/mol. The van der Waals surface area contributed by atoms with Gasteiger partial charge in [0, 0.05) is 30.0 Å². The summed E-state index contributed by atoms with van der Waals surface area (Å²) in [5.74, 6) is -0.413. The van der Waals surface area contributed by atoms with Crippen LogP contribution in [0, 0.1) is 11.8 Å². The molecule has 0 aromatic carbocycles. The van der Waals surface area contributed by atoms with Gasteiger partial charge in [-0.1, -0.05) is 19.3 Å². The lowest BCUT2D eigenvalue weighted by atomic mass is 9.70. The van der Waals surface area contributed by atoms with Crippen LogP contribution in [0.3, 0.4) is 0 Å². The number of carbonyl (C=O) groups is 2. The van der Waals surface area contributed by atoms with Crippen molar-refractivity contribution in [2.75, 3.05) is 13.1 Å². The van der Waals surface area contributed by atoms with Crippen molar-refractivity contribution in [2.45, 2.75) is 57.0 Å². The maximum absolute atomic E-state index is 13.1. The normalized spacial score (nSPS) is 32.1. The summed E-state index contributed by atoms with van der Waals surface area (Å²) in [7, 11) is 0. The van der Waals surface area contributed by atoms with Crippen molar-refractivity contribution in [3.8, 4) is 0 Å². The van der Waals surface area contributed by atoms with Gasteiger partial charge in [-0.25, -0.2) is 9.97 Å². The van der Waals surface area contributed by atoms with Gasteiger partial charge >= 0.3 is 0 Å². The number of allylic oxidation sites excluding steroid dienone is 1. The molecule has 1 amide bonds. The number of carbonyl (C=O) groups excluding carboxylic acids is 2. The molecule has 6 heteroatoms. The lowest BCUT2D eigenvalue weighted by Gasteiger charge is -2.50.